The summed E-state index contributed by atoms with van der Waals surface area (Å²) in [5.41, 5.74) is 1.11. The van der Waals surface area contributed by atoms with Gasteiger partial charge in [-0.15, -0.1) is 0 Å². The lowest BCUT2D eigenvalue weighted by atomic mass is 10.2. The summed E-state index contributed by atoms with van der Waals surface area (Å²) < 4.78 is 11.4. The van der Waals surface area contributed by atoms with E-state index in [0.29, 0.717) is 0 Å². The van der Waals surface area contributed by atoms with Gasteiger partial charge in [0.2, 0.25) is 0 Å². The zero-order valence-electron chi connectivity index (χ0n) is 8.85. The van der Waals surface area contributed by atoms with Crippen LogP contribution in [-0.4, -0.2) is 14.2 Å². The molecule has 1 aromatic carbocycles. The van der Waals surface area contributed by atoms with Crippen molar-refractivity contribution in [3.8, 4) is 21.9 Å². The number of methoxy groups -OCH3 is 2. The van der Waals surface area contributed by atoms with Gasteiger partial charge in [0, 0.05) is 4.88 Å². The van der Waals surface area contributed by atoms with Crippen LogP contribution in [0.2, 0.25) is 0 Å². The summed E-state index contributed by atoms with van der Waals surface area (Å²) in [5.74, 6) is 1.48. The van der Waals surface area contributed by atoms with Crippen molar-refractivity contribution < 1.29 is 9.47 Å². The molecule has 0 aliphatic heterocycles. The van der Waals surface area contributed by atoms with E-state index in [4.69, 9.17) is 21.7 Å². The fourth-order valence-electron chi connectivity index (χ4n) is 1.36. The van der Waals surface area contributed by atoms with Gasteiger partial charge >= 0.3 is 0 Å². The molecule has 5 heteroatoms. The van der Waals surface area contributed by atoms with Gasteiger partial charge in [0.15, 0.2) is 11.5 Å². The van der Waals surface area contributed by atoms with Crippen molar-refractivity contribution in [3.05, 3.63) is 28.1 Å². The van der Waals surface area contributed by atoms with Gasteiger partial charge < -0.3 is 9.47 Å². The molecule has 0 saturated heterocycles. The van der Waals surface area contributed by atoms with E-state index < -0.39 is 0 Å². The molecule has 16 heavy (non-hydrogen) atoms. The zero-order chi connectivity index (χ0) is 11.5. The molecule has 0 aliphatic rings. The van der Waals surface area contributed by atoms with E-state index in [0.717, 1.165) is 25.8 Å². The maximum atomic E-state index is 5.26. The zero-order valence-corrected chi connectivity index (χ0v) is 11.3. The first-order chi connectivity index (χ1) is 7.74. The molecule has 0 unspecified atom stereocenters. The highest BCUT2D eigenvalue weighted by Crippen LogP contribution is 2.35. The lowest BCUT2D eigenvalue weighted by Crippen LogP contribution is -1.90. The molecule has 0 bridgehead atoms. The van der Waals surface area contributed by atoms with E-state index in [2.05, 4.69) is 0 Å². The molecule has 0 spiro atoms. The van der Waals surface area contributed by atoms with Gasteiger partial charge in [-0.2, -0.15) is 0 Å². The fourth-order valence-corrected chi connectivity index (χ4v) is 3.76. The molecule has 1 aromatic heterocycles. The molecule has 0 saturated carbocycles. The molecule has 84 valence electrons. The Bertz CT molecular complexity index is 542. The third-order valence-corrected chi connectivity index (χ3v) is 5.04. The van der Waals surface area contributed by atoms with E-state index >= 15 is 0 Å². The van der Waals surface area contributed by atoms with Gasteiger partial charge in [-0.1, -0.05) is 32.9 Å². The Labute approximate surface area is 106 Å². The van der Waals surface area contributed by atoms with E-state index in [1.807, 2.05) is 24.3 Å². The highest BCUT2D eigenvalue weighted by molar-refractivity contribution is 7.80. The Balaban J connectivity index is 2.47. The predicted octanol–water partition coefficient (Wildman–Crippen LogP) is 4.22. The van der Waals surface area contributed by atoms with Crippen LogP contribution in [0.1, 0.15) is 0 Å². The Kier molecular flexibility index (Phi) is 3.58. The van der Waals surface area contributed by atoms with Gasteiger partial charge in [-0.3, -0.25) is 0 Å². The Morgan fingerprint density at radius 3 is 2.31 bits per heavy atom. The minimum atomic E-state index is 0.740. The molecule has 1 heterocycles. The first kappa shape index (κ1) is 11.6. The summed E-state index contributed by atoms with van der Waals surface area (Å²) in [4.78, 5) is 1.16. The second kappa shape index (κ2) is 4.95. The van der Waals surface area contributed by atoms with E-state index in [1.165, 1.54) is 0 Å². The minimum Gasteiger partial charge on any atom is -0.493 e. The third-order valence-electron chi connectivity index (χ3n) is 2.13. The molecular weight excluding hydrogens is 260 g/mol. The fraction of sp³-hybridized carbons (Fsp3) is 0.182. The Morgan fingerprint density at radius 2 is 1.75 bits per heavy atom. The van der Waals surface area contributed by atoms with Crippen LogP contribution >= 0.6 is 32.9 Å². The van der Waals surface area contributed by atoms with E-state index in [-0.39, 0.29) is 0 Å². The average molecular weight is 270 g/mol. The van der Waals surface area contributed by atoms with Crippen molar-refractivity contribution in [1.82, 2.24) is 0 Å². The molecule has 2 rings (SSSR count). The molecule has 2 nitrogen and oxygen atoms in total. The lowest BCUT2D eigenvalue weighted by molar-refractivity contribution is 0.355. The van der Waals surface area contributed by atoms with Gasteiger partial charge in [-0.25, -0.2) is 0 Å². The predicted molar refractivity (Wildman–Crippen MR) is 71.6 cm³/mol. The van der Waals surface area contributed by atoms with Crippen LogP contribution in [0.25, 0.3) is 10.4 Å². The van der Waals surface area contributed by atoms with Crippen LogP contribution in [0, 0.1) is 3.82 Å². The number of hydrogen-bond donors (Lipinski definition) is 0. The molecule has 0 aliphatic carbocycles. The van der Waals surface area contributed by atoms with Crippen LogP contribution < -0.4 is 9.47 Å². The summed E-state index contributed by atoms with van der Waals surface area (Å²) in [6.07, 6.45) is 0. The van der Waals surface area contributed by atoms with Crippen molar-refractivity contribution in [3.63, 3.8) is 0 Å². The van der Waals surface area contributed by atoms with Crippen LogP contribution in [0.4, 0.5) is 0 Å². The summed E-state index contributed by atoms with van der Waals surface area (Å²) in [6, 6.07) is 7.88. The monoisotopic (exact) mass is 270 g/mol. The second-order valence-electron chi connectivity index (χ2n) is 3.06. The molecule has 0 amide bonds. The largest absolute Gasteiger partial charge is 0.493 e. The quantitative estimate of drug-likeness (QED) is 0.614. The lowest BCUT2D eigenvalue weighted by Gasteiger charge is -2.08. The topological polar surface area (TPSA) is 18.5 Å². The minimum absolute atomic E-state index is 0.740. The van der Waals surface area contributed by atoms with Crippen molar-refractivity contribution in [2.24, 2.45) is 0 Å². The van der Waals surface area contributed by atoms with Crippen molar-refractivity contribution in [2.75, 3.05) is 14.2 Å². The second-order valence-corrected chi connectivity index (χ2v) is 5.98. The number of hydrogen-bond acceptors (Lipinski definition) is 5. The normalized spacial score (nSPS) is 10.1. The summed E-state index contributed by atoms with van der Waals surface area (Å²) >= 11 is 5.12. The van der Waals surface area contributed by atoms with Crippen LogP contribution in [0.5, 0.6) is 11.5 Å². The summed E-state index contributed by atoms with van der Waals surface area (Å²) in [6.45, 7) is 0. The first-order valence-corrected chi connectivity index (χ1v) is 7.13. The standard InChI is InChI=1S/C11H10O2S3/c1-12-8-4-3-7(5-9(8)13-2)10-6-11(14)16-15-10/h3-6H,1-2H3. The van der Waals surface area contributed by atoms with Gasteiger partial charge in [0.05, 0.1) is 14.2 Å². The van der Waals surface area contributed by atoms with Crippen LogP contribution in [-0.2, 0) is 0 Å². The van der Waals surface area contributed by atoms with E-state index in [1.54, 1.807) is 34.9 Å². The number of rotatable bonds is 3. The molecular formula is C11H10O2S3. The summed E-state index contributed by atoms with van der Waals surface area (Å²) in [5, 5.41) is 0. The van der Waals surface area contributed by atoms with Gasteiger partial charge in [0.25, 0.3) is 0 Å². The maximum Gasteiger partial charge on any atom is 0.161 e. The molecule has 2 aromatic rings. The first-order valence-electron chi connectivity index (χ1n) is 4.57. The Hall–Kier alpha value is -0.910. The third kappa shape index (κ3) is 2.26. The summed E-state index contributed by atoms with van der Waals surface area (Å²) in [7, 11) is 6.55. The Morgan fingerprint density at radius 1 is 1.00 bits per heavy atom. The highest BCUT2D eigenvalue weighted by Gasteiger charge is 2.07. The highest BCUT2D eigenvalue weighted by atomic mass is 32.9. The van der Waals surface area contributed by atoms with Gasteiger partial charge in [0.1, 0.15) is 3.82 Å². The van der Waals surface area contributed by atoms with E-state index in [9.17, 15) is 0 Å². The smallest absolute Gasteiger partial charge is 0.161 e. The number of ether oxygens (including phenoxy) is 2. The SMILES string of the molecule is COc1ccc(-c2cc(=S)ss2)cc1OC. The molecule has 0 fully saturated rings. The average Bonchev–Trinajstić information content (AvgIpc) is 2.75. The molecule has 0 N–H and O–H groups in total. The van der Waals surface area contributed by atoms with Crippen molar-refractivity contribution in [2.45, 2.75) is 0 Å². The number of benzene rings is 1. The van der Waals surface area contributed by atoms with Gasteiger partial charge in [-0.05, 0) is 29.8 Å². The van der Waals surface area contributed by atoms with Crippen LogP contribution in [0.3, 0.4) is 0 Å². The molecule has 0 radical (unpaired) electrons. The van der Waals surface area contributed by atoms with Crippen LogP contribution in [0.15, 0.2) is 24.3 Å². The maximum absolute atomic E-state index is 5.26. The van der Waals surface area contributed by atoms with Crippen molar-refractivity contribution in [1.29, 1.82) is 0 Å². The molecule has 0 atom stereocenters. The van der Waals surface area contributed by atoms with Crippen molar-refractivity contribution >= 4 is 32.9 Å².